The molecule has 0 saturated carbocycles. The van der Waals surface area contributed by atoms with Crippen molar-refractivity contribution in [1.29, 1.82) is 0 Å². The van der Waals surface area contributed by atoms with E-state index in [1.54, 1.807) is 11.9 Å². The molecule has 6 nitrogen and oxygen atoms in total. The van der Waals surface area contributed by atoms with Crippen LogP contribution in [0, 0.1) is 5.92 Å². The van der Waals surface area contributed by atoms with E-state index in [1.165, 1.54) is 5.56 Å². The molecule has 1 unspecified atom stereocenters. The van der Waals surface area contributed by atoms with Crippen molar-refractivity contribution in [1.82, 2.24) is 15.1 Å². The summed E-state index contributed by atoms with van der Waals surface area (Å²) in [6.07, 6.45) is 1.31. The maximum atomic E-state index is 13.0. The lowest BCUT2D eigenvalue weighted by molar-refractivity contribution is -0.160. The number of hydrogen-bond donors (Lipinski definition) is 1. The standard InChI is InChI=1S/C25H31N3O3.C2H6/c1-18(2)22-23(29)27(3)25(24(30)26-22)13-15-28(16-14-25)17-19-9-11-21(12-10-19)31-20-7-5-4-6-8-20;1-2/h4-12,18,22H,13-17H2,1-3H3,(H,26,30);1-2H3. The zero-order chi connectivity index (χ0) is 24.0. The number of nitrogens with zero attached hydrogens (tertiary/aromatic N) is 2. The normalized spacial score (nSPS) is 20.3. The number of rotatable bonds is 5. The first kappa shape index (κ1) is 24.8. The summed E-state index contributed by atoms with van der Waals surface area (Å²) in [4.78, 5) is 29.8. The van der Waals surface area contributed by atoms with E-state index in [9.17, 15) is 9.59 Å². The fourth-order valence-electron chi connectivity index (χ4n) is 4.55. The Morgan fingerprint density at radius 1 is 0.970 bits per heavy atom. The maximum Gasteiger partial charge on any atom is 0.246 e. The highest BCUT2D eigenvalue weighted by Gasteiger charge is 2.52. The second kappa shape index (κ2) is 10.8. The van der Waals surface area contributed by atoms with Gasteiger partial charge in [-0.25, -0.2) is 0 Å². The Balaban J connectivity index is 0.00000149. The molecule has 2 aromatic rings. The number of amides is 2. The molecule has 2 aromatic carbocycles. The minimum atomic E-state index is -0.716. The summed E-state index contributed by atoms with van der Waals surface area (Å²) in [6, 6.07) is 17.5. The number of carbonyl (C=O) groups is 2. The Hall–Kier alpha value is -2.86. The van der Waals surface area contributed by atoms with Crippen molar-refractivity contribution in [2.75, 3.05) is 20.1 Å². The SMILES string of the molecule is CC.CC(C)C1NC(=O)C2(CCN(Cc3ccc(Oc4ccccc4)cc3)CC2)N(C)C1=O. The van der Waals surface area contributed by atoms with Gasteiger partial charge < -0.3 is 15.0 Å². The summed E-state index contributed by atoms with van der Waals surface area (Å²) in [5, 5.41) is 2.98. The molecule has 1 atom stereocenters. The number of ether oxygens (including phenoxy) is 1. The molecule has 0 bridgehead atoms. The predicted octanol–water partition coefficient (Wildman–Crippen LogP) is 4.45. The molecule has 2 saturated heterocycles. The van der Waals surface area contributed by atoms with Gasteiger partial charge in [0.15, 0.2) is 0 Å². The van der Waals surface area contributed by atoms with Gasteiger partial charge in [-0.3, -0.25) is 14.5 Å². The van der Waals surface area contributed by atoms with E-state index < -0.39 is 11.6 Å². The zero-order valence-electron chi connectivity index (χ0n) is 20.5. The molecule has 6 heteroatoms. The Labute approximate surface area is 197 Å². The van der Waals surface area contributed by atoms with Crippen molar-refractivity contribution >= 4 is 11.8 Å². The van der Waals surface area contributed by atoms with E-state index in [2.05, 4.69) is 22.3 Å². The van der Waals surface area contributed by atoms with Crippen LogP contribution in [0.3, 0.4) is 0 Å². The van der Waals surface area contributed by atoms with Gasteiger partial charge in [-0.05, 0) is 48.6 Å². The molecule has 0 aliphatic carbocycles. The fraction of sp³-hybridized carbons (Fsp3) is 0.481. The topological polar surface area (TPSA) is 61.9 Å². The van der Waals surface area contributed by atoms with Gasteiger partial charge in [0.1, 0.15) is 23.1 Å². The van der Waals surface area contributed by atoms with Gasteiger partial charge in [-0.2, -0.15) is 0 Å². The van der Waals surface area contributed by atoms with E-state index in [0.717, 1.165) is 31.1 Å². The summed E-state index contributed by atoms with van der Waals surface area (Å²) in [5.41, 5.74) is 0.487. The van der Waals surface area contributed by atoms with Crippen molar-refractivity contribution in [3.05, 3.63) is 60.2 Å². The molecule has 178 valence electrons. The highest BCUT2D eigenvalue weighted by atomic mass is 16.5. The molecule has 33 heavy (non-hydrogen) atoms. The number of piperidine rings is 1. The maximum absolute atomic E-state index is 13.0. The monoisotopic (exact) mass is 451 g/mol. The van der Waals surface area contributed by atoms with Crippen molar-refractivity contribution in [3.8, 4) is 11.5 Å². The van der Waals surface area contributed by atoms with Crippen molar-refractivity contribution in [3.63, 3.8) is 0 Å². The quantitative estimate of drug-likeness (QED) is 0.730. The molecule has 1 N–H and O–H groups in total. The number of likely N-dealkylation sites (tertiary alicyclic amines) is 1. The third-order valence-electron chi connectivity index (χ3n) is 6.61. The molecule has 2 heterocycles. The Kier molecular flexibility index (Phi) is 8.14. The smallest absolute Gasteiger partial charge is 0.246 e. The van der Waals surface area contributed by atoms with Gasteiger partial charge in [0.25, 0.3) is 0 Å². The number of piperazine rings is 1. The molecule has 2 fully saturated rings. The number of para-hydroxylation sites is 1. The average molecular weight is 452 g/mol. The molecule has 2 aliphatic rings. The zero-order valence-corrected chi connectivity index (χ0v) is 20.5. The second-order valence-corrected chi connectivity index (χ2v) is 8.96. The molecule has 4 rings (SSSR count). The van der Waals surface area contributed by atoms with Gasteiger partial charge >= 0.3 is 0 Å². The van der Waals surface area contributed by atoms with Crippen molar-refractivity contribution in [2.45, 2.75) is 58.7 Å². The molecule has 1 spiro atoms. The summed E-state index contributed by atoms with van der Waals surface area (Å²) < 4.78 is 5.86. The lowest BCUT2D eigenvalue weighted by Gasteiger charge is -2.50. The molecular weight excluding hydrogens is 414 g/mol. The third kappa shape index (κ3) is 5.38. The number of nitrogens with one attached hydrogen (secondary N) is 1. The second-order valence-electron chi connectivity index (χ2n) is 8.96. The largest absolute Gasteiger partial charge is 0.457 e. The minimum Gasteiger partial charge on any atom is -0.457 e. The molecule has 2 aliphatic heterocycles. The summed E-state index contributed by atoms with van der Waals surface area (Å²) in [5.74, 6) is 1.74. The van der Waals surface area contributed by atoms with Crippen LogP contribution < -0.4 is 10.1 Å². The highest BCUT2D eigenvalue weighted by Crippen LogP contribution is 2.33. The highest BCUT2D eigenvalue weighted by molar-refractivity contribution is 5.99. The number of likely N-dealkylation sites (N-methyl/N-ethyl adjacent to an activating group) is 1. The van der Waals surface area contributed by atoms with Crippen LogP contribution >= 0.6 is 0 Å². The number of carbonyl (C=O) groups excluding carboxylic acids is 2. The Morgan fingerprint density at radius 2 is 1.55 bits per heavy atom. The summed E-state index contributed by atoms with van der Waals surface area (Å²) in [7, 11) is 1.79. The van der Waals surface area contributed by atoms with E-state index in [0.29, 0.717) is 12.8 Å². The third-order valence-corrected chi connectivity index (χ3v) is 6.61. The summed E-state index contributed by atoms with van der Waals surface area (Å²) in [6.45, 7) is 10.3. The van der Waals surface area contributed by atoms with Gasteiger partial charge in [0.05, 0.1) is 0 Å². The van der Waals surface area contributed by atoms with E-state index >= 15 is 0 Å². The van der Waals surface area contributed by atoms with Crippen LogP contribution in [-0.2, 0) is 16.1 Å². The van der Waals surface area contributed by atoms with Crippen LogP contribution in [0.15, 0.2) is 54.6 Å². The first-order valence-corrected chi connectivity index (χ1v) is 12.0. The predicted molar refractivity (Wildman–Crippen MR) is 131 cm³/mol. The average Bonchev–Trinajstić information content (AvgIpc) is 2.84. The van der Waals surface area contributed by atoms with Crippen molar-refractivity contribution in [2.24, 2.45) is 5.92 Å². The van der Waals surface area contributed by atoms with Crippen LogP contribution in [0.5, 0.6) is 11.5 Å². The Morgan fingerprint density at radius 3 is 2.12 bits per heavy atom. The van der Waals surface area contributed by atoms with Gasteiger partial charge in [-0.15, -0.1) is 0 Å². The molecule has 0 aromatic heterocycles. The van der Waals surface area contributed by atoms with Gasteiger partial charge in [0, 0.05) is 26.7 Å². The Bertz CT molecular complexity index is 919. The first-order valence-electron chi connectivity index (χ1n) is 12.0. The lowest BCUT2D eigenvalue weighted by Crippen LogP contribution is -2.72. The van der Waals surface area contributed by atoms with Gasteiger partial charge in [-0.1, -0.05) is 58.0 Å². The number of hydrogen-bond acceptors (Lipinski definition) is 4. The van der Waals surface area contributed by atoms with Crippen LogP contribution in [-0.4, -0.2) is 53.3 Å². The van der Waals surface area contributed by atoms with E-state index in [1.807, 2.05) is 70.2 Å². The fourth-order valence-corrected chi connectivity index (χ4v) is 4.55. The van der Waals surface area contributed by atoms with Crippen LogP contribution in [0.2, 0.25) is 0 Å². The van der Waals surface area contributed by atoms with E-state index in [-0.39, 0.29) is 17.7 Å². The van der Waals surface area contributed by atoms with Crippen LogP contribution in [0.4, 0.5) is 0 Å². The molecular formula is C27H37N3O3. The summed E-state index contributed by atoms with van der Waals surface area (Å²) >= 11 is 0. The van der Waals surface area contributed by atoms with E-state index in [4.69, 9.17) is 4.74 Å². The molecule has 2 amide bonds. The minimum absolute atomic E-state index is 0.00429. The van der Waals surface area contributed by atoms with Gasteiger partial charge in [0.2, 0.25) is 11.8 Å². The van der Waals surface area contributed by atoms with Crippen LogP contribution in [0.25, 0.3) is 0 Å². The first-order chi connectivity index (χ1) is 15.9. The number of benzene rings is 2. The molecule has 0 radical (unpaired) electrons. The lowest BCUT2D eigenvalue weighted by atomic mass is 9.81. The van der Waals surface area contributed by atoms with Crippen molar-refractivity contribution < 1.29 is 14.3 Å². The van der Waals surface area contributed by atoms with Crippen LogP contribution in [0.1, 0.15) is 46.1 Å².